The third-order valence-corrected chi connectivity index (χ3v) is 4.46. The summed E-state index contributed by atoms with van der Waals surface area (Å²) in [4.78, 5) is 15.1. The molecule has 0 radical (unpaired) electrons. The second-order valence-corrected chi connectivity index (χ2v) is 7.02. The summed E-state index contributed by atoms with van der Waals surface area (Å²) in [7, 11) is 0. The minimum Gasteiger partial charge on any atom is -0.339 e. The van der Waals surface area contributed by atoms with Gasteiger partial charge in [-0.15, -0.1) is 12.6 Å². The molecular weight excluding hydrogens is 310 g/mol. The first-order valence-electron chi connectivity index (χ1n) is 6.17. The van der Waals surface area contributed by atoms with E-state index in [-0.39, 0.29) is 5.91 Å². The van der Waals surface area contributed by atoms with Gasteiger partial charge in [0, 0.05) is 22.5 Å². The maximum atomic E-state index is 12.4. The normalized spacial score (nSPS) is 18.8. The lowest BCUT2D eigenvalue weighted by molar-refractivity contribution is 0.0627. The molecule has 1 aromatic rings. The number of nitrogens with zero attached hydrogens (tertiary/aromatic N) is 1. The zero-order chi connectivity index (χ0) is 13.3. The number of halogens is 1. The van der Waals surface area contributed by atoms with Crippen LogP contribution in [0.1, 0.15) is 37.0 Å². The fourth-order valence-electron chi connectivity index (χ4n) is 2.17. The zero-order valence-electron chi connectivity index (χ0n) is 10.7. The number of rotatable bonds is 1. The van der Waals surface area contributed by atoms with Crippen LogP contribution in [0.5, 0.6) is 0 Å². The van der Waals surface area contributed by atoms with Crippen molar-refractivity contribution < 1.29 is 4.79 Å². The maximum absolute atomic E-state index is 12.4. The Morgan fingerprint density at radius 3 is 2.50 bits per heavy atom. The Hall–Kier alpha value is -0.480. The fourth-order valence-corrected chi connectivity index (χ4v) is 3.02. The number of amides is 1. The number of thiol groups is 1. The summed E-state index contributed by atoms with van der Waals surface area (Å²) in [5.41, 5.74) is 1.06. The van der Waals surface area contributed by atoms with Crippen LogP contribution >= 0.6 is 28.6 Å². The molecule has 0 saturated carbocycles. The molecule has 2 nitrogen and oxygen atoms in total. The Labute approximate surface area is 122 Å². The molecule has 2 rings (SSSR count). The molecule has 1 aliphatic rings. The average Bonchev–Trinajstić information content (AvgIpc) is 2.28. The van der Waals surface area contributed by atoms with Crippen LogP contribution < -0.4 is 0 Å². The van der Waals surface area contributed by atoms with Crippen molar-refractivity contribution in [3.63, 3.8) is 0 Å². The number of carbonyl (C=O) groups excluding carboxylic acids is 1. The molecular formula is C14H18BrNOS. The Morgan fingerprint density at radius 2 is 1.94 bits per heavy atom. The molecule has 0 aliphatic carbocycles. The number of likely N-dealkylation sites (tertiary alicyclic amines) is 1. The van der Waals surface area contributed by atoms with E-state index >= 15 is 0 Å². The van der Waals surface area contributed by atoms with Crippen molar-refractivity contribution in [1.29, 1.82) is 0 Å². The van der Waals surface area contributed by atoms with Gasteiger partial charge in [0.2, 0.25) is 0 Å². The van der Waals surface area contributed by atoms with Gasteiger partial charge in [-0.05, 0) is 36.5 Å². The minimum absolute atomic E-state index is 0.100. The van der Waals surface area contributed by atoms with Gasteiger partial charge >= 0.3 is 0 Å². The van der Waals surface area contributed by atoms with Gasteiger partial charge in [-0.1, -0.05) is 29.8 Å². The van der Waals surface area contributed by atoms with Crippen LogP contribution in [0.4, 0.5) is 0 Å². The molecule has 0 aromatic heterocycles. The molecule has 1 saturated heterocycles. The molecule has 1 fully saturated rings. The van der Waals surface area contributed by atoms with E-state index < -0.39 is 0 Å². The van der Waals surface area contributed by atoms with E-state index in [1.54, 1.807) is 0 Å². The quantitative estimate of drug-likeness (QED) is 0.773. The van der Waals surface area contributed by atoms with E-state index in [9.17, 15) is 4.79 Å². The number of hydrogen-bond acceptors (Lipinski definition) is 2. The summed E-state index contributed by atoms with van der Waals surface area (Å²) in [5.74, 6) is 0.100. The fraction of sp³-hybridized carbons (Fsp3) is 0.500. The molecule has 4 heteroatoms. The highest BCUT2D eigenvalue weighted by molar-refractivity contribution is 9.10. The second kappa shape index (κ2) is 5.25. The number of hydrogen-bond donors (Lipinski definition) is 1. The van der Waals surface area contributed by atoms with Crippen molar-refractivity contribution in [3.05, 3.63) is 28.2 Å². The third-order valence-electron chi connectivity index (χ3n) is 3.59. The molecule has 0 unspecified atom stereocenters. The molecule has 0 spiro atoms. The van der Waals surface area contributed by atoms with Crippen LogP contribution in [0.2, 0.25) is 0 Å². The zero-order valence-corrected chi connectivity index (χ0v) is 13.2. The minimum atomic E-state index is 0.100. The first kappa shape index (κ1) is 13.9. The standard InChI is InChI=1S/C14H18BrNOS/c1-14(2)5-7-16(8-6-14)13(17)11-4-3-10(15)9-12(11)18/h3-4,9,18H,5-8H2,1-2H3. The summed E-state index contributed by atoms with van der Waals surface area (Å²) < 4.78 is 0.948. The molecule has 1 aromatic carbocycles. The van der Waals surface area contributed by atoms with Gasteiger partial charge in [0.25, 0.3) is 5.91 Å². The maximum Gasteiger partial charge on any atom is 0.254 e. The molecule has 1 aliphatic heterocycles. The molecule has 1 amide bonds. The van der Waals surface area contributed by atoms with Gasteiger partial charge in [0.15, 0.2) is 0 Å². The summed E-state index contributed by atoms with van der Waals surface area (Å²) in [6, 6.07) is 5.60. The number of piperidine rings is 1. The molecule has 98 valence electrons. The highest BCUT2D eigenvalue weighted by Gasteiger charge is 2.28. The topological polar surface area (TPSA) is 20.3 Å². The van der Waals surface area contributed by atoms with Crippen LogP contribution in [0.25, 0.3) is 0 Å². The van der Waals surface area contributed by atoms with Crippen LogP contribution in [0.15, 0.2) is 27.6 Å². The van der Waals surface area contributed by atoms with E-state index in [4.69, 9.17) is 0 Å². The van der Waals surface area contributed by atoms with Crippen molar-refractivity contribution in [2.24, 2.45) is 5.41 Å². The van der Waals surface area contributed by atoms with Crippen molar-refractivity contribution in [3.8, 4) is 0 Å². The van der Waals surface area contributed by atoms with Crippen LogP contribution in [0.3, 0.4) is 0 Å². The van der Waals surface area contributed by atoms with Gasteiger partial charge in [-0.3, -0.25) is 4.79 Å². The van der Waals surface area contributed by atoms with Crippen molar-refractivity contribution in [2.45, 2.75) is 31.6 Å². The predicted octanol–water partition coefficient (Wildman–Crippen LogP) is 4.00. The largest absolute Gasteiger partial charge is 0.339 e. The molecule has 0 bridgehead atoms. The Balaban J connectivity index is 2.13. The summed E-state index contributed by atoms with van der Waals surface area (Å²) in [6.07, 6.45) is 2.13. The van der Waals surface area contributed by atoms with Crippen LogP contribution in [-0.4, -0.2) is 23.9 Å². The summed E-state index contributed by atoms with van der Waals surface area (Å²) >= 11 is 7.77. The highest BCUT2D eigenvalue weighted by Crippen LogP contribution is 2.31. The summed E-state index contributed by atoms with van der Waals surface area (Å²) in [6.45, 7) is 6.21. The summed E-state index contributed by atoms with van der Waals surface area (Å²) in [5, 5.41) is 0. The average molecular weight is 328 g/mol. The van der Waals surface area contributed by atoms with Crippen molar-refractivity contribution >= 4 is 34.5 Å². The first-order chi connectivity index (χ1) is 8.39. The van der Waals surface area contributed by atoms with Gasteiger partial charge in [-0.2, -0.15) is 0 Å². The lowest BCUT2D eigenvalue weighted by Gasteiger charge is -2.37. The molecule has 18 heavy (non-hydrogen) atoms. The lowest BCUT2D eigenvalue weighted by atomic mass is 9.82. The Bertz CT molecular complexity index is 463. The Morgan fingerprint density at radius 1 is 1.33 bits per heavy atom. The number of benzene rings is 1. The predicted molar refractivity (Wildman–Crippen MR) is 80.3 cm³/mol. The van der Waals surface area contributed by atoms with Crippen molar-refractivity contribution in [2.75, 3.05) is 13.1 Å². The molecule has 0 atom stereocenters. The van der Waals surface area contributed by atoms with Crippen LogP contribution in [0, 0.1) is 5.41 Å². The Kier molecular flexibility index (Phi) is 4.07. The SMILES string of the molecule is CC1(C)CCN(C(=O)c2ccc(Br)cc2S)CC1. The number of carbonyl (C=O) groups is 1. The highest BCUT2D eigenvalue weighted by atomic mass is 79.9. The van der Waals surface area contributed by atoms with Gasteiger partial charge in [-0.25, -0.2) is 0 Å². The lowest BCUT2D eigenvalue weighted by Crippen LogP contribution is -2.41. The molecule has 0 N–H and O–H groups in total. The second-order valence-electron chi connectivity index (χ2n) is 5.62. The third kappa shape index (κ3) is 3.09. The van der Waals surface area contributed by atoms with E-state index in [1.807, 2.05) is 23.1 Å². The van der Waals surface area contributed by atoms with Gasteiger partial charge in [0.1, 0.15) is 0 Å². The van der Waals surface area contributed by atoms with Gasteiger partial charge in [0.05, 0.1) is 5.56 Å². The van der Waals surface area contributed by atoms with Crippen LogP contribution in [-0.2, 0) is 0 Å². The molecule has 1 heterocycles. The van der Waals surface area contributed by atoms with E-state index in [0.29, 0.717) is 11.0 Å². The van der Waals surface area contributed by atoms with E-state index in [1.165, 1.54) is 0 Å². The van der Waals surface area contributed by atoms with E-state index in [0.717, 1.165) is 35.3 Å². The monoisotopic (exact) mass is 327 g/mol. The van der Waals surface area contributed by atoms with E-state index in [2.05, 4.69) is 42.4 Å². The van der Waals surface area contributed by atoms with Crippen molar-refractivity contribution in [1.82, 2.24) is 4.90 Å². The van der Waals surface area contributed by atoms with Gasteiger partial charge < -0.3 is 4.90 Å². The first-order valence-corrected chi connectivity index (χ1v) is 7.41. The smallest absolute Gasteiger partial charge is 0.254 e.